The fraction of sp³-hybridized carbons (Fsp3) is 0.235. The molecule has 0 amide bonds. The Morgan fingerprint density at radius 3 is 2.43 bits per heavy atom. The third-order valence-corrected chi connectivity index (χ3v) is 4.01. The molecule has 0 saturated carbocycles. The average Bonchev–Trinajstić information content (AvgIpc) is 2.50. The Bertz CT molecular complexity index is 648. The van der Waals surface area contributed by atoms with E-state index in [9.17, 15) is 4.79 Å². The van der Waals surface area contributed by atoms with Gasteiger partial charge in [-0.2, -0.15) is 0 Å². The third kappa shape index (κ3) is 3.45. The second-order valence-corrected chi connectivity index (χ2v) is 5.44. The SMILES string of the molecule is CCOc1ccc(C(=O)c2cc(Br)c(C)cc2OC)cc1. The summed E-state index contributed by atoms with van der Waals surface area (Å²) in [4.78, 5) is 12.6. The van der Waals surface area contributed by atoms with E-state index in [1.807, 2.05) is 19.9 Å². The molecule has 0 fully saturated rings. The summed E-state index contributed by atoms with van der Waals surface area (Å²) in [7, 11) is 1.57. The molecule has 0 heterocycles. The van der Waals surface area contributed by atoms with Crippen molar-refractivity contribution in [3.05, 3.63) is 57.6 Å². The zero-order chi connectivity index (χ0) is 15.4. The molecule has 110 valence electrons. The summed E-state index contributed by atoms with van der Waals surface area (Å²) in [6.07, 6.45) is 0. The second kappa shape index (κ2) is 6.76. The van der Waals surface area contributed by atoms with E-state index < -0.39 is 0 Å². The lowest BCUT2D eigenvalue weighted by Crippen LogP contribution is -2.05. The van der Waals surface area contributed by atoms with Gasteiger partial charge in [0, 0.05) is 10.0 Å². The summed E-state index contributed by atoms with van der Waals surface area (Å²) in [5.41, 5.74) is 2.17. The normalized spacial score (nSPS) is 10.3. The topological polar surface area (TPSA) is 35.5 Å². The van der Waals surface area contributed by atoms with Crippen molar-refractivity contribution in [2.75, 3.05) is 13.7 Å². The minimum Gasteiger partial charge on any atom is -0.496 e. The van der Waals surface area contributed by atoms with E-state index in [1.165, 1.54) is 0 Å². The number of hydrogen-bond acceptors (Lipinski definition) is 3. The van der Waals surface area contributed by atoms with Gasteiger partial charge in [0.1, 0.15) is 11.5 Å². The third-order valence-electron chi connectivity index (χ3n) is 3.15. The minimum atomic E-state index is -0.0735. The number of hydrogen-bond donors (Lipinski definition) is 0. The maximum Gasteiger partial charge on any atom is 0.196 e. The highest BCUT2D eigenvalue weighted by atomic mass is 79.9. The Balaban J connectivity index is 2.37. The van der Waals surface area contributed by atoms with Crippen LogP contribution in [0.4, 0.5) is 0 Å². The fourth-order valence-electron chi connectivity index (χ4n) is 2.03. The summed E-state index contributed by atoms with van der Waals surface area (Å²) >= 11 is 3.45. The van der Waals surface area contributed by atoms with Gasteiger partial charge >= 0.3 is 0 Å². The maximum atomic E-state index is 12.6. The molecule has 2 aromatic rings. The van der Waals surface area contributed by atoms with Crippen LogP contribution in [0.5, 0.6) is 11.5 Å². The maximum absolute atomic E-state index is 12.6. The van der Waals surface area contributed by atoms with Gasteiger partial charge < -0.3 is 9.47 Å². The van der Waals surface area contributed by atoms with Crippen LogP contribution in [-0.4, -0.2) is 19.5 Å². The summed E-state index contributed by atoms with van der Waals surface area (Å²) in [5, 5.41) is 0. The van der Waals surface area contributed by atoms with Gasteiger partial charge in [0.25, 0.3) is 0 Å². The highest BCUT2D eigenvalue weighted by molar-refractivity contribution is 9.10. The van der Waals surface area contributed by atoms with Gasteiger partial charge in [0.05, 0.1) is 19.3 Å². The van der Waals surface area contributed by atoms with Crippen molar-refractivity contribution in [1.29, 1.82) is 0 Å². The first-order valence-electron chi connectivity index (χ1n) is 6.68. The molecule has 0 atom stereocenters. The Labute approximate surface area is 133 Å². The van der Waals surface area contributed by atoms with Crippen molar-refractivity contribution >= 4 is 21.7 Å². The first-order chi connectivity index (χ1) is 10.1. The predicted molar refractivity (Wildman–Crippen MR) is 86.5 cm³/mol. The van der Waals surface area contributed by atoms with Crippen LogP contribution in [-0.2, 0) is 0 Å². The Hall–Kier alpha value is -1.81. The molecule has 0 aliphatic carbocycles. The monoisotopic (exact) mass is 348 g/mol. The minimum absolute atomic E-state index is 0.0735. The number of ether oxygens (including phenoxy) is 2. The average molecular weight is 349 g/mol. The lowest BCUT2D eigenvalue weighted by atomic mass is 10.0. The van der Waals surface area contributed by atoms with Crippen molar-refractivity contribution in [3.8, 4) is 11.5 Å². The molecule has 0 aliphatic heterocycles. The number of carbonyl (C=O) groups is 1. The summed E-state index contributed by atoms with van der Waals surface area (Å²) in [6, 6.07) is 10.8. The molecule has 0 aliphatic rings. The number of rotatable bonds is 5. The van der Waals surface area contributed by atoms with Crippen LogP contribution in [0, 0.1) is 6.92 Å². The van der Waals surface area contributed by atoms with Crippen LogP contribution in [0.15, 0.2) is 40.9 Å². The Morgan fingerprint density at radius 2 is 1.86 bits per heavy atom. The van der Waals surface area contributed by atoms with E-state index in [0.717, 1.165) is 15.8 Å². The van der Waals surface area contributed by atoms with Gasteiger partial charge in [0.15, 0.2) is 5.78 Å². The number of methoxy groups -OCH3 is 1. The van der Waals surface area contributed by atoms with Crippen LogP contribution >= 0.6 is 15.9 Å². The molecule has 3 nitrogen and oxygen atoms in total. The molecule has 0 bridgehead atoms. The zero-order valence-corrected chi connectivity index (χ0v) is 13.9. The molecule has 0 saturated heterocycles. The summed E-state index contributed by atoms with van der Waals surface area (Å²) in [5.74, 6) is 1.26. The smallest absolute Gasteiger partial charge is 0.196 e. The molecule has 2 rings (SSSR count). The van der Waals surface area contributed by atoms with Crippen molar-refractivity contribution in [3.63, 3.8) is 0 Å². The molecule has 0 radical (unpaired) electrons. The molecule has 0 spiro atoms. The lowest BCUT2D eigenvalue weighted by molar-refractivity contribution is 0.103. The van der Waals surface area contributed by atoms with E-state index in [-0.39, 0.29) is 5.78 Å². The fourth-order valence-corrected chi connectivity index (χ4v) is 2.37. The van der Waals surface area contributed by atoms with Crippen LogP contribution < -0.4 is 9.47 Å². The molecule has 2 aromatic carbocycles. The standard InChI is InChI=1S/C17H17BrO3/c1-4-21-13-7-5-12(6-8-13)17(19)14-10-15(18)11(2)9-16(14)20-3/h5-10H,4H2,1-3H3. The Morgan fingerprint density at radius 1 is 1.19 bits per heavy atom. The second-order valence-electron chi connectivity index (χ2n) is 4.59. The number of carbonyl (C=O) groups excluding carboxylic acids is 1. The summed E-state index contributed by atoms with van der Waals surface area (Å²) in [6.45, 7) is 4.48. The van der Waals surface area contributed by atoms with Crippen molar-refractivity contribution in [2.45, 2.75) is 13.8 Å². The molecule has 0 unspecified atom stereocenters. The molecule has 0 aromatic heterocycles. The van der Waals surface area contributed by atoms with Crippen LogP contribution in [0.3, 0.4) is 0 Å². The summed E-state index contributed by atoms with van der Waals surface area (Å²) < 4.78 is 11.6. The molecular formula is C17H17BrO3. The zero-order valence-electron chi connectivity index (χ0n) is 12.3. The van der Waals surface area contributed by atoms with Crippen LogP contribution in [0.25, 0.3) is 0 Å². The van der Waals surface area contributed by atoms with Gasteiger partial charge in [-0.15, -0.1) is 0 Å². The first kappa shape index (κ1) is 15.6. The van der Waals surface area contributed by atoms with Crippen molar-refractivity contribution in [1.82, 2.24) is 0 Å². The molecule has 4 heteroatoms. The highest BCUT2D eigenvalue weighted by Gasteiger charge is 2.16. The van der Waals surface area contributed by atoms with E-state index in [0.29, 0.717) is 23.5 Å². The van der Waals surface area contributed by atoms with Crippen molar-refractivity contribution in [2.24, 2.45) is 0 Å². The molecule has 0 N–H and O–H groups in total. The highest BCUT2D eigenvalue weighted by Crippen LogP contribution is 2.29. The van der Waals surface area contributed by atoms with E-state index in [2.05, 4.69) is 15.9 Å². The van der Waals surface area contributed by atoms with Crippen LogP contribution in [0.2, 0.25) is 0 Å². The largest absolute Gasteiger partial charge is 0.496 e. The van der Waals surface area contributed by atoms with Gasteiger partial charge in [-0.3, -0.25) is 4.79 Å². The van der Waals surface area contributed by atoms with E-state index >= 15 is 0 Å². The van der Waals surface area contributed by atoms with Gasteiger partial charge in [-0.25, -0.2) is 0 Å². The number of ketones is 1. The number of aryl methyl sites for hydroxylation is 1. The predicted octanol–water partition coefficient (Wildman–Crippen LogP) is 4.40. The number of benzene rings is 2. The van der Waals surface area contributed by atoms with E-state index in [1.54, 1.807) is 37.4 Å². The van der Waals surface area contributed by atoms with Gasteiger partial charge in [0.2, 0.25) is 0 Å². The Kier molecular flexibility index (Phi) is 5.02. The van der Waals surface area contributed by atoms with Gasteiger partial charge in [-0.05, 0) is 55.8 Å². The lowest BCUT2D eigenvalue weighted by Gasteiger charge is -2.11. The van der Waals surface area contributed by atoms with Crippen molar-refractivity contribution < 1.29 is 14.3 Å². The quantitative estimate of drug-likeness (QED) is 0.751. The van der Waals surface area contributed by atoms with Gasteiger partial charge in [-0.1, -0.05) is 15.9 Å². The first-order valence-corrected chi connectivity index (χ1v) is 7.47. The van der Waals surface area contributed by atoms with E-state index in [4.69, 9.17) is 9.47 Å². The number of halogens is 1. The molecular weight excluding hydrogens is 332 g/mol. The molecule has 21 heavy (non-hydrogen) atoms. The van der Waals surface area contributed by atoms with Crippen LogP contribution in [0.1, 0.15) is 28.4 Å².